The van der Waals surface area contributed by atoms with Crippen LogP contribution < -0.4 is 5.32 Å². The normalized spacial score (nSPS) is 11.9. The molecule has 0 bridgehead atoms. The molecular formula is C18H21ClFN3O3. The molecule has 2 aromatic rings. The van der Waals surface area contributed by atoms with Crippen molar-refractivity contribution in [3.8, 4) is 0 Å². The van der Waals surface area contributed by atoms with E-state index in [4.69, 9.17) is 16.3 Å². The first-order chi connectivity index (χ1) is 12.2. The number of hydrogen-bond acceptors (Lipinski definition) is 4. The van der Waals surface area contributed by atoms with Gasteiger partial charge in [0.15, 0.2) is 6.10 Å². The van der Waals surface area contributed by atoms with Gasteiger partial charge in [-0.05, 0) is 51.0 Å². The number of halogens is 2. The van der Waals surface area contributed by atoms with Gasteiger partial charge in [-0.15, -0.1) is 0 Å². The fraction of sp³-hybridized carbons (Fsp3) is 0.389. The number of nitrogens with one attached hydrogen (secondary N) is 1. The molecule has 2 rings (SSSR count). The second kappa shape index (κ2) is 8.31. The predicted molar refractivity (Wildman–Crippen MR) is 96.6 cm³/mol. The van der Waals surface area contributed by atoms with Crippen molar-refractivity contribution in [3.63, 3.8) is 0 Å². The van der Waals surface area contributed by atoms with E-state index in [1.54, 1.807) is 4.68 Å². The molecule has 1 unspecified atom stereocenters. The van der Waals surface area contributed by atoms with Crippen LogP contribution in [0, 0.1) is 19.7 Å². The second-order valence-corrected chi connectivity index (χ2v) is 6.45. The molecule has 0 saturated heterocycles. The van der Waals surface area contributed by atoms with Gasteiger partial charge in [-0.1, -0.05) is 11.6 Å². The average Bonchev–Trinajstić information content (AvgIpc) is 2.80. The predicted octanol–water partition coefficient (Wildman–Crippen LogP) is 3.33. The number of amides is 1. The molecule has 0 saturated carbocycles. The summed E-state index contributed by atoms with van der Waals surface area (Å²) in [6.45, 7) is 5.24. The fourth-order valence-electron chi connectivity index (χ4n) is 2.54. The van der Waals surface area contributed by atoms with Gasteiger partial charge in [0.05, 0.1) is 11.4 Å². The van der Waals surface area contributed by atoms with Crippen LogP contribution in [0.2, 0.25) is 5.02 Å². The lowest BCUT2D eigenvalue weighted by Gasteiger charge is -2.14. The Morgan fingerprint density at radius 1 is 1.38 bits per heavy atom. The van der Waals surface area contributed by atoms with Crippen molar-refractivity contribution in [1.82, 2.24) is 9.78 Å². The van der Waals surface area contributed by atoms with Gasteiger partial charge in [0.2, 0.25) is 0 Å². The molecule has 0 aliphatic rings. The van der Waals surface area contributed by atoms with Crippen LogP contribution >= 0.6 is 11.6 Å². The lowest BCUT2D eigenvalue weighted by atomic mass is 10.1. The van der Waals surface area contributed by atoms with Crippen molar-refractivity contribution in [2.75, 3.05) is 5.32 Å². The number of aromatic nitrogens is 2. The lowest BCUT2D eigenvalue weighted by Crippen LogP contribution is -2.30. The summed E-state index contributed by atoms with van der Waals surface area (Å²) in [5, 5.41) is 6.89. The van der Waals surface area contributed by atoms with Crippen molar-refractivity contribution >= 4 is 29.2 Å². The maximum Gasteiger partial charge on any atom is 0.306 e. The van der Waals surface area contributed by atoms with Gasteiger partial charge < -0.3 is 10.1 Å². The van der Waals surface area contributed by atoms with Crippen LogP contribution in [-0.2, 0) is 27.8 Å². The fourth-order valence-corrected chi connectivity index (χ4v) is 2.70. The standard InChI is InChI=1S/C18H21ClFN3O3/c1-10-14(11(2)23(4)22-10)6-8-17(24)26-12(3)18(25)21-16-7-5-13(19)9-15(16)20/h5,7,9,12H,6,8H2,1-4H3,(H,21,25). The lowest BCUT2D eigenvalue weighted by molar-refractivity contribution is -0.153. The summed E-state index contributed by atoms with van der Waals surface area (Å²) in [5.41, 5.74) is 2.81. The zero-order valence-corrected chi connectivity index (χ0v) is 15.9. The Morgan fingerprint density at radius 2 is 2.08 bits per heavy atom. The molecule has 0 aliphatic heterocycles. The minimum Gasteiger partial charge on any atom is -0.453 e. The summed E-state index contributed by atoms with van der Waals surface area (Å²) < 4.78 is 20.6. The smallest absolute Gasteiger partial charge is 0.306 e. The third kappa shape index (κ3) is 4.82. The quantitative estimate of drug-likeness (QED) is 0.779. The van der Waals surface area contributed by atoms with E-state index in [9.17, 15) is 14.0 Å². The molecule has 1 heterocycles. The maximum absolute atomic E-state index is 13.7. The number of carbonyl (C=O) groups excluding carboxylic acids is 2. The minimum absolute atomic E-state index is 0.0242. The van der Waals surface area contributed by atoms with Crippen LogP contribution in [0.25, 0.3) is 0 Å². The zero-order chi connectivity index (χ0) is 19.4. The van der Waals surface area contributed by atoms with E-state index in [-0.39, 0.29) is 17.1 Å². The van der Waals surface area contributed by atoms with Crippen LogP contribution in [-0.4, -0.2) is 27.8 Å². The molecule has 1 atom stereocenters. The molecule has 0 radical (unpaired) electrons. The SMILES string of the molecule is Cc1nn(C)c(C)c1CCC(=O)OC(C)C(=O)Nc1ccc(Cl)cc1F. The summed E-state index contributed by atoms with van der Waals surface area (Å²) in [6, 6.07) is 3.89. The van der Waals surface area contributed by atoms with Crippen LogP contribution in [0.3, 0.4) is 0 Å². The van der Waals surface area contributed by atoms with E-state index in [1.165, 1.54) is 19.1 Å². The molecule has 6 nitrogen and oxygen atoms in total. The zero-order valence-electron chi connectivity index (χ0n) is 15.1. The molecule has 140 valence electrons. The van der Waals surface area contributed by atoms with Gasteiger partial charge in [0, 0.05) is 24.2 Å². The van der Waals surface area contributed by atoms with Gasteiger partial charge in [-0.3, -0.25) is 14.3 Å². The largest absolute Gasteiger partial charge is 0.453 e. The molecule has 1 N–H and O–H groups in total. The molecule has 26 heavy (non-hydrogen) atoms. The number of rotatable bonds is 6. The second-order valence-electron chi connectivity index (χ2n) is 6.02. The number of benzene rings is 1. The summed E-state index contributed by atoms with van der Waals surface area (Å²) in [6.07, 6.45) is -0.446. The number of aryl methyl sites for hydroxylation is 2. The number of carbonyl (C=O) groups is 2. The average molecular weight is 382 g/mol. The molecule has 1 aromatic carbocycles. The first-order valence-electron chi connectivity index (χ1n) is 8.13. The highest BCUT2D eigenvalue weighted by Gasteiger charge is 2.20. The number of esters is 1. The van der Waals surface area contributed by atoms with E-state index in [1.807, 2.05) is 20.9 Å². The van der Waals surface area contributed by atoms with Crippen LogP contribution in [0.5, 0.6) is 0 Å². The topological polar surface area (TPSA) is 73.2 Å². The molecule has 0 aliphatic carbocycles. The van der Waals surface area contributed by atoms with E-state index in [0.29, 0.717) is 6.42 Å². The summed E-state index contributed by atoms with van der Waals surface area (Å²) in [5.74, 6) is -1.79. The van der Waals surface area contributed by atoms with Gasteiger partial charge in [-0.25, -0.2) is 4.39 Å². The van der Waals surface area contributed by atoms with Gasteiger partial charge in [0.25, 0.3) is 5.91 Å². The van der Waals surface area contributed by atoms with E-state index in [0.717, 1.165) is 23.0 Å². The van der Waals surface area contributed by atoms with Crippen molar-refractivity contribution in [3.05, 3.63) is 46.0 Å². The van der Waals surface area contributed by atoms with Gasteiger partial charge in [-0.2, -0.15) is 5.10 Å². The maximum atomic E-state index is 13.7. The van der Waals surface area contributed by atoms with E-state index in [2.05, 4.69) is 10.4 Å². The Balaban J connectivity index is 1.88. The Kier molecular flexibility index (Phi) is 6.37. The molecular weight excluding hydrogens is 361 g/mol. The van der Waals surface area contributed by atoms with Crippen molar-refractivity contribution < 1.29 is 18.7 Å². The molecule has 8 heteroatoms. The Labute approximate surface area is 156 Å². The van der Waals surface area contributed by atoms with Crippen molar-refractivity contribution in [1.29, 1.82) is 0 Å². The summed E-state index contributed by atoms with van der Waals surface area (Å²) in [7, 11) is 1.84. The third-order valence-corrected chi connectivity index (χ3v) is 4.34. The van der Waals surface area contributed by atoms with Gasteiger partial charge in [0.1, 0.15) is 5.82 Å². The van der Waals surface area contributed by atoms with Crippen LogP contribution in [0.1, 0.15) is 30.3 Å². The van der Waals surface area contributed by atoms with Crippen molar-refractivity contribution in [2.24, 2.45) is 7.05 Å². The van der Waals surface area contributed by atoms with Gasteiger partial charge >= 0.3 is 5.97 Å². The molecule has 1 amide bonds. The minimum atomic E-state index is -1.05. The van der Waals surface area contributed by atoms with E-state index >= 15 is 0 Å². The van der Waals surface area contributed by atoms with Crippen LogP contribution in [0.4, 0.5) is 10.1 Å². The summed E-state index contributed by atoms with van der Waals surface area (Å²) >= 11 is 5.67. The Morgan fingerprint density at radius 3 is 2.65 bits per heavy atom. The highest BCUT2D eigenvalue weighted by atomic mass is 35.5. The number of hydrogen-bond donors (Lipinski definition) is 1. The number of nitrogens with zero attached hydrogens (tertiary/aromatic N) is 2. The molecule has 1 aromatic heterocycles. The molecule has 0 spiro atoms. The van der Waals surface area contributed by atoms with E-state index < -0.39 is 23.8 Å². The molecule has 0 fully saturated rings. The summed E-state index contributed by atoms with van der Waals surface area (Å²) in [4.78, 5) is 24.1. The Bertz CT molecular complexity index is 835. The monoisotopic (exact) mass is 381 g/mol. The first kappa shape index (κ1) is 19.9. The van der Waals surface area contributed by atoms with Crippen LogP contribution in [0.15, 0.2) is 18.2 Å². The highest BCUT2D eigenvalue weighted by Crippen LogP contribution is 2.19. The van der Waals surface area contributed by atoms with Crippen molar-refractivity contribution in [2.45, 2.75) is 39.7 Å². The number of anilines is 1. The number of ether oxygens (including phenoxy) is 1. The third-order valence-electron chi connectivity index (χ3n) is 4.10. The highest BCUT2D eigenvalue weighted by molar-refractivity contribution is 6.30. The first-order valence-corrected chi connectivity index (χ1v) is 8.51. The Hall–Kier alpha value is -2.41.